The van der Waals surface area contributed by atoms with Crippen molar-refractivity contribution in [1.29, 1.82) is 0 Å². The van der Waals surface area contributed by atoms with Gasteiger partial charge >= 0.3 is 6.18 Å². The van der Waals surface area contributed by atoms with E-state index in [0.717, 1.165) is 47.4 Å². The summed E-state index contributed by atoms with van der Waals surface area (Å²) in [6.07, 6.45) is -2.88. The second-order valence-corrected chi connectivity index (χ2v) is 8.58. The molecular formula is C25H32F3N5O2. The zero-order valence-corrected chi connectivity index (χ0v) is 20.0. The third-order valence-electron chi connectivity index (χ3n) is 6.12. The monoisotopic (exact) mass is 491 g/mol. The molecule has 3 aromatic rings. The number of nitrogens with one attached hydrogen (secondary N) is 1. The summed E-state index contributed by atoms with van der Waals surface area (Å²) < 4.78 is 42.6. The van der Waals surface area contributed by atoms with Gasteiger partial charge in [-0.3, -0.25) is 9.69 Å². The molecule has 0 atom stereocenters. The summed E-state index contributed by atoms with van der Waals surface area (Å²) in [5.41, 5.74) is 14.6. The molecule has 35 heavy (non-hydrogen) atoms. The molecule has 1 amide bonds. The number of aromatic nitrogens is 1. The Bertz CT molecular complexity index is 1140. The van der Waals surface area contributed by atoms with Crippen LogP contribution < -0.4 is 16.2 Å². The van der Waals surface area contributed by atoms with Gasteiger partial charge in [-0.2, -0.15) is 13.2 Å². The van der Waals surface area contributed by atoms with Crippen LogP contribution >= 0.6 is 0 Å². The van der Waals surface area contributed by atoms with E-state index in [0.29, 0.717) is 24.3 Å². The van der Waals surface area contributed by atoms with Crippen LogP contribution in [0.25, 0.3) is 10.9 Å². The number of primary amides is 1. The summed E-state index contributed by atoms with van der Waals surface area (Å²) in [6, 6.07) is 10.8. The topological polar surface area (TPSA) is 101 Å². The van der Waals surface area contributed by atoms with Gasteiger partial charge in [-0.25, -0.2) is 0 Å². The molecule has 7 nitrogen and oxygen atoms in total. The number of carbonyl (C=O) groups is 1. The Morgan fingerprint density at radius 3 is 2.34 bits per heavy atom. The number of piperazine rings is 1. The van der Waals surface area contributed by atoms with Crippen LogP contribution in [0.2, 0.25) is 0 Å². The number of halogens is 3. The number of hydrogen-bond donors (Lipinski definition) is 3. The Kier molecular flexibility index (Phi) is 8.63. The number of nitrogens with zero attached hydrogens (tertiary/aromatic N) is 2. The summed E-state index contributed by atoms with van der Waals surface area (Å²) in [5, 5.41) is 1.15. The van der Waals surface area contributed by atoms with E-state index in [1.165, 1.54) is 0 Å². The Morgan fingerprint density at radius 1 is 1.11 bits per heavy atom. The first-order chi connectivity index (χ1) is 16.6. The number of rotatable bonds is 6. The number of hydrogen-bond acceptors (Lipinski definition) is 5. The van der Waals surface area contributed by atoms with Crippen LogP contribution in [0.5, 0.6) is 5.75 Å². The molecule has 0 spiro atoms. The molecule has 4 rings (SSSR count). The zero-order chi connectivity index (χ0) is 25.6. The number of methoxy groups -OCH3 is 1. The van der Waals surface area contributed by atoms with Gasteiger partial charge in [0.1, 0.15) is 5.75 Å². The van der Waals surface area contributed by atoms with E-state index in [-0.39, 0.29) is 6.54 Å². The van der Waals surface area contributed by atoms with Crippen molar-refractivity contribution in [1.82, 2.24) is 14.8 Å². The summed E-state index contributed by atoms with van der Waals surface area (Å²) in [5.74, 6) is 0.377. The van der Waals surface area contributed by atoms with Gasteiger partial charge in [0.15, 0.2) is 0 Å². The van der Waals surface area contributed by atoms with Crippen molar-refractivity contribution in [3.8, 4) is 5.75 Å². The van der Waals surface area contributed by atoms with Crippen molar-refractivity contribution >= 4 is 22.5 Å². The predicted octanol–water partition coefficient (Wildman–Crippen LogP) is 3.92. The molecule has 5 N–H and O–H groups in total. The van der Waals surface area contributed by atoms with Gasteiger partial charge in [0, 0.05) is 67.6 Å². The number of H-pyrrole nitrogens is 1. The maximum Gasteiger partial charge on any atom is 0.390 e. The maximum absolute atomic E-state index is 12.4. The van der Waals surface area contributed by atoms with Crippen LogP contribution in [-0.4, -0.2) is 66.7 Å². The number of para-hydroxylation sites is 1. The summed E-state index contributed by atoms with van der Waals surface area (Å²) in [6.45, 7) is 5.74. The van der Waals surface area contributed by atoms with Gasteiger partial charge in [0.2, 0.25) is 0 Å². The van der Waals surface area contributed by atoms with Gasteiger partial charge < -0.3 is 26.1 Å². The zero-order valence-electron chi connectivity index (χ0n) is 20.0. The lowest BCUT2D eigenvalue weighted by atomic mass is 10.0. The predicted molar refractivity (Wildman–Crippen MR) is 131 cm³/mol. The molecule has 1 fully saturated rings. The molecule has 190 valence electrons. The SMILES string of the molecule is COc1cc(C)c2[nH]ccc2c1CN1CCN(CCC(F)(F)F)CC1.NC(=O)c1ccccc1N. The molecule has 0 unspecified atom stereocenters. The summed E-state index contributed by atoms with van der Waals surface area (Å²) >= 11 is 0. The Labute approximate surface area is 202 Å². The number of carbonyl (C=O) groups excluding carboxylic acids is 1. The summed E-state index contributed by atoms with van der Waals surface area (Å²) in [7, 11) is 1.67. The molecular weight excluding hydrogens is 459 g/mol. The molecule has 1 aromatic heterocycles. The van der Waals surface area contributed by atoms with Gasteiger partial charge in [-0.15, -0.1) is 0 Å². The highest BCUT2D eigenvalue weighted by Gasteiger charge is 2.29. The number of aromatic amines is 1. The van der Waals surface area contributed by atoms with Crippen LogP contribution in [-0.2, 0) is 6.54 Å². The van der Waals surface area contributed by atoms with E-state index in [4.69, 9.17) is 16.2 Å². The average Bonchev–Trinajstić information content (AvgIpc) is 3.31. The van der Waals surface area contributed by atoms with E-state index in [9.17, 15) is 18.0 Å². The number of ether oxygens (including phenoxy) is 1. The van der Waals surface area contributed by atoms with Crippen LogP contribution in [0.3, 0.4) is 0 Å². The fourth-order valence-electron chi connectivity index (χ4n) is 4.18. The highest BCUT2D eigenvalue weighted by molar-refractivity contribution is 5.97. The average molecular weight is 492 g/mol. The number of aryl methyl sites for hydroxylation is 1. The standard InChI is InChI=1S/C18H24F3N3O.C7H8N2O/c1-13-11-16(25-2)15(14-3-5-22-17(13)14)12-24-9-7-23(8-10-24)6-4-18(19,20)21;8-6-4-2-1-3-5(6)7(9)10/h3,5,11,22H,4,6-10,12H2,1-2H3;1-4H,8H2,(H2,9,10). The molecule has 1 aliphatic rings. The number of anilines is 1. The van der Waals surface area contributed by atoms with Crippen molar-refractivity contribution in [2.45, 2.75) is 26.1 Å². The van der Waals surface area contributed by atoms with E-state index in [1.807, 2.05) is 24.1 Å². The molecule has 2 aromatic carbocycles. The van der Waals surface area contributed by atoms with Crippen molar-refractivity contribution in [2.75, 3.05) is 45.6 Å². The highest BCUT2D eigenvalue weighted by Crippen LogP contribution is 2.31. The lowest BCUT2D eigenvalue weighted by molar-refractivity contribution is -0.138. The molecule has 1 aliphatic heterocycles. The number of fused-ring (bicyclic) bond motifs is 1. The quantitative estimate of drug-likeness (QED) is 0.454. The normalized spacial score (nSPS) is 15.0. The van der Waals surface area contributed by atoms with Crippen molar-refractivity contribution in [2.24, 2.45) is 5.73 Å². The molecule has 1 saturated heterocycles. The van der Waals surface area contributed by atoms with Gasteiger partial charge in [0.05, 0.1) is 19.1 Å². The molecule has 10 heteroatoms. The third kappa shape index (κ3) is 7.12. The molecule has 0 aliphatic carbocycles. The van der Waals surface area contributed by atoms with E-state index < -0.39 is 18.5 Å². The van der Waals surface area contributed by atoms with E-state index in [2.05, 4.69) is 16.0 Å². The Hall–Kier alpha value is -3.24. The molecule has 2 heterocycles. The largest absolute Gasteiger partial charge is 0.496 e. The van der Waals surface area contributed by atoms with Crippen molar-refractivity contribution < 1.29 is 22.7 Å². The van der Waals surface area contributed by atoms with Crippen LogP contribution in [0.4, 0.5) is 18.9 Å². The van der Waals surface area contributed by atoms with Gasteiger partial charge in [-0.1, -0.05) is 12.1 Å². The summed E-state index contributed by atoms with van der Waals surface area (Å²) in [4.78, 5) is 18.0. The van der Waals surface area contributed by atoms with Gasteiger partial charge in [0.25, 0.3) is 5.91 Å². The third-order valence-corrected chi connectivity index (χ3v) is 6.12. The minimum absolute atomic E-state index is 0.0905. The second-order valence-electron chi connectivity index (χ2n) is 8.58. The first-order valence-corrected chi connectivity index (χ1v) is 11.4. The van der Waals surface area contributed by atoms with E-state index >= 15 is 0 Å². The van der Waals surface area contributed by atoms with Crippen LogP contribution in [0.15, 0.2) is 42.6 Å². The molecule has 0 saturated carbocycles. The fourth-order valence-corrected chi connectivity index (χ4v) is 4.18. The minimum Gasteiger partial charge on any atom is -0.496 e. The molecule has 0 bridgehead atoms. The molecule has 0 radical (unpaired) electrons. The van der Waals surface area contributed by atoms with Crippen molar-refractivity contribution in [3.63, 3.8) is 0 Å². The Morgan fingerprint density at radius 2 is 1.77 bits per heavy atom. The maximum atomic E-state index is 12.4. The highest BCUT2D eigenvalue weighted by atomic mass is 19.4. The van der Waals surface area contributed by atoms with Gasteiger partial charge in [-0.05, 0) is 36.8 Å². The van der Waals surface area contributed by atoms with Crippen LogP contribution in [0.1, 0.15) is 27.9 Å². The Balaban J connectivity index is 0.000000287. The fraction of sp³-hybridized carbons (Fsp3) is 0.400. The number of nitrogen functional groups attached to an aromatic ring is 1. The number of benzene rings is 2. The number of amides is 1. The minimum atomic E-state index is -4.08. The first kappa shape index (κ1) is 26.4. The van der Waals surface area contributed by atoms with E-state index in [1.54, 1.807) is 31.4 Å². The lowest BCUT2D eigenvalue weighted by Crippen LogP contribution is -2.46. The second kappa shape index (κ2) is 11.5. The number of alkyl halides is 3. The first-order valence-electron chi connectivity index (χ1n) is 11.4. The lowest BCUT2D eigenvalue weighted by Gasteiger charge is -2.35. The number of nitrogens with two attached hydrogens (primary N) is 2. The van der Waals surface area contributed by atoms with Crippen LogP contribution in [0, 0.1) is 6.92 Å². The van der Waals surface area contributed by atoms with Crippen molar-refractivity contribution in [3.05, 3.63) is 59.3 Å². The smallest absolute Gasteiger partial charge is 0.390 e.